The number of thiophene rings is 3. The molecular weight excluding hydrogens is 1610 g/mol. The normalized spacial score (nSPS) is 10.9. The van der Waals surface area contributed by atoms with Gasteiger partial charge in [0.2, 0.25) is 0 Å². The molecule has 26 nitrogen and oxygen atoms in total. The number of phenols is 6. The molecule has 0 aliphatic heterocycles. The number of aliphatic hydroxyl groups is 1. The van der Waals surface area contributed by atoms with Gasteiger partial charge in [0, 0.05) is 119 Å². The van der Waals surface area contributed by atoms with E-state index in [4.69, 9.17) is 14.2 Å². The average Bonchev–Trinajstić information content (AvgIpc) is 1.52. The summed E-state index contributed by atoms with van der Waals surface area (Å²) in [5.74, 6) is 5.25. The minimum absolute atomic E-state index is 0.0405. The van der Waals surface area contributed by atoms with Crippen LogP contribution >= 0.6 is 34.0 Å². The van der Waals surface area contributed by atoms with Crippen LogP contribution in [-0.2, 0) is 6.61 Å². The minimum Gasteiger partial charge on any atom is -0.508 e. The van der Waals surface area contributed by atoms with Gasteiger partial charge >= 0.3 is 0 Å². The zero-order chi connectivity index (χ0) is 84.9. The zero-order valence-electron chi connectivity index (χ0n) is 65.2. The number of fused-ring (bicyclic) bond motifs is 5. The van der Waals surface area contributed by atoms with E-state index in [1.54, 1.807) is 238 Å². The molecule has 13 aromatic heterocycles. The Morgan fingerprint density at radius 2 is 0.634 bits per heavy atom. The number of aromatic nitrogens is 15. The van der Waals surface area contributed by atoms with Crippen LogP contribution in [0.3, 0.4) is 0 Å². The maximum atomic E-state index is 11.0. The first-order chi connectivity index (χ1) is 60.1. The first kappa shape index (κ1) is 80.7. The van der Waals surface area contributed by atoms with Crippen molar-refractivity contribution in [3.8, 4) is 164 Å². The highest BCUT2D eigenvalue weighted by Gasteiger charge is 2.17. The van der Waals surface area contributed by atoms with Gasteiger partial charge < -0.3 is 50.0 Å². The molecule has 13 heterocycles. The van der Waals surface area contributed by atoms with E-state index in [0.29, 0.717) is 62.5 Å². The van der Waals surface area contributed by atoms with E-state index in [-0.39, 0.29) is 41.1 Å². The standard InChI is InChI=1S/C20H15N3O3.C20H13N3O2.3C18H13N3O2S/c1-26-19-9-13(4-7-18(19)25)14-8-16-17(21-10-14)11-22-20(23-16)12-2-5-15(24)6-3-12;24-12-13-2-1-3-15(8-13)16-9-18-19(21-10-16)11-22-20(23-18)14-4-6-17(25)7-5-14;1-23-17-7-13(10-24-17)12-6-15-16(19-8-12)9-20-18(21-15)11-2-4-14(22)5-3-11;1-23-17-10-24-9-14(17)12-6-15-16(19-7-12)8-20-18(21-15)11-2-4-13(22)5-3-11;22-9-15-5-13(10-24-15)12-6-16-17(19-7-12)8-20-18(21-16)11-1-3-14(23)4-2-11/h2-11,24-25H,1H3;1-12,25H;2*2-10,22H,1H3;1-8,10,22-23H,9H2. The predicted molar refractivity (Wildman–Crippen MR) is 476 cm³/mol. The summed E-state index contributed by atoms with van der Waals surface area (Å²) in [6.45, 7) is 0.0405. The van der Waals surface area contributed by atoms with Crippen LogP contribution in [0, 0.1) is 0 Å². The Labute approximate surface area is 712 Å². The molecule has 7 aromatic carbocycles. The molecule has 0 unspecified atom stereocenters. The first-order valence-electron chi connectivity index (χ1n) is 37.5. The maximum absolute atomic E-state index is 11.0. The molecule has 20 rings (SSSR count). The second kappa shape index (κ2) is 36.8. The quantitative estimate of drug-likeness (QED) is 0.0469. The lowest BCUT2D eigenvalue weighted by molar-refractivity contribution is 0.112. The second-order valence-electron chi connectivity index (χ2n) is 27.1. The molecule has 20 aromatic rings. The van der Waals surface area contributed by atoms with Crippen LogP contribution in [0.5, 0.6) is 51.1 Å². The number of carbonyl (C=O) groups excluding carboxylic acids is 1. The number of nitrogens with zero attached hydrogens (tertiary/aromatic N) is 15. The molecule has 0 fully saturated rings. The van der Waals surface area contributed by atoms with Crippen molar-refractivity contribution in [2.75, 3.05) is 21.3 Å². The molecular formula is C94H67N15O11S3. The van der Waals surface area contributed by atoms with Crippen LogP contribution in [-0.4, -0.2) is 138 Å². The molecule has 0 spiro atoms. The van der Waals surface area contributed by atoms with Crippen molar-refractivity contribution < 1.29 is 54.8 Å². The lowest BCUT2D eigenvalue weighted by Gasteiger charge is -2.08. The van der Waals surface area contributed by atoms with Crippen LogP contribution in [0.1, 0.15) is 15.2 Å². The van der Waals surface area contributed by atoms with E-state index in [0.717, 1.165) is 139 Å². The molecule has 0 amide bonds. The number of hydrogen-bond donors (Lipinski definition) is 7. The van der Waals surface area contributed by atoms with Crippen molar-refractivity contribution in [2.24, 2.45) is 0 Å². The molecule has 0 radical (unpaired) electrons. The molecule has 29 heteroatoms. The topological polar surface area (TPSA) is 380 Å². The number of aldehydes is 1. The smallest absolute Gasteiger partial charge is 0.173 e. The summed E-state index contributed by atoms with van der Waals surface area (Å²) >= 11 is 4.64. The van der Waals surface area contributed by atoms with Gasteiger partial charge in [-0.2, -0.15) is 0 Å². The summed E-state index contributed by atoms with van der Waals surface area (Å²) in [5, 5.41) is 74.9. The summed E-state index contributed by atoms with van der Waals surface area (Å²) in [4.78, 5) is 78.7. The van der Waals surface area contributed by atoms with E-state index in [2.05, 4.69) is 74.8 Å². The molecule has 0 bridgehead atoms. The second-order valence-corrected chi connectivity index (χ2v) is 29.8. The number of phenolic OH excluding ortho intramolecular Hbond substituents is 6. The van der Waals surface area contributed by atoms with Gasteiger partial charge in [-0.05, 0) is 210 Å². The third kappa shape index (κ3) is 19.1. The highest BCUT2D eigenvalue weighted by atomic mass is 32.1. The number of ether oxygens (including phenoxy) is 3. The zero-order valence-corrected chi connectivity index (χ0v) is 67.6. The number of benzene rings is 7. The van der Waals surface area contributed by atoms with Crippen LogP contribution in [0.2, 0.25) is 0 Å². The van der Waals surface area contributed by atoms with Gasteiger partial charge in [-0.15, -0.1) is 34.0 Å². The first-order valence-corrected chi connectivity index (χ1v) is 40.2. The number of methoxy groups -OCH3 is 3. The SMILES string of the molecule is COc1cc(-c2cnc3cnc(-c4ccc(O)cc4)nc3c2)ccc1O.COc1cc(-c2cnc3cnc(-c4ccc(O)cc4)nc3c2)cs1.COc1cscc1-c1cnc2cnc(-c3ccc(O)cc3)nc2c1.O=Cc1cccc(-c2cnc3cnc(-c4ccc(O)cc4)nc3c2)c1.OCc1cc(-c2cnc3cnc(-c4ccc(O)cc4)nc3c2)cs1. The molecule has 0 saturated carbocycles. The minimum atomic E-state index is 0.0405. The van der Waals surface area contributed by atoms with Crippen molar-refractivity contribution in [1.29, 1.82) is 0 Å². The van der Waals surface area contributed by atoms with E-state index >= 15 is 0 Å². The van der Waals surface area contributed by atoms with Gasteiger partial charge in [-0.1, -0.05) is 24.3 Å². The number of carbonyl (C=O) groups is 1. The van der Waals surface area contributed by atoms with Gasteiger partial charge in [-0.25, -0.2) is 49.8 Å². The largest absolute Gasteiger partial charge is 0.508 e. The summed E-state index contributed by atoms with van der Waals surface area (Å²) < 4.78 is 15.8. The highest BCUT2D eigenvalue weighted by molar-refractivity contribution is 7.12. The van der Waals surface area contributed by atoms with E-state index < -0.39 is 0 Å². The van der Waals surface area contributed by atoms with Crippen LogP contribution in [0.25, 0.3) is 168 Å². The van der Waals surface area contributed by atoms with Gasteiger partial charge in [0.05, 0.1) is 86.5 Å². The maximum Gasteiger partial charge on any atom is 0.173 e. The van der Waals surface area contributed by atoms with Crippen LogP contribution in [0.4, 0.5) is 0 Å². The van der Waals surface area contributed by atoms with Crippen molar-refractivity contribution >= 4 is 95.5 Å². The molecule has 602 valence electrons. The van der Waals surface area contributed by atoms with E-state index in [1.807, 2.05) is 88.4 Å². The fourth-order valence-electron chi connectivity index (χ4n) is 12.6. The number of pyridine rings is 5. The summed E-state index contributed by atoms with van der Waals surface area (Å²) in [5.41, 5.74) is 21.5. The Hall–Kier alpha value is -16.1. The van der Waals surface area contributed by atoms with Gasteiger partial charge in [0.25, 0.3) is 0 Å². The molecule has 0 aliphatic carbocycles. The summed E-state index contributed by atoms with van der Waals surface area (Å²) in [6.07, 6.45) is 18.2. The predicted octanol–water partition coefficient (Wildman–Crippen LogP) is 19.5. The third-order valence-corrected chi connectivity index (χ3v) is 21.6. The number of rotatable bonds is 15. The van der Waals surface area contributed by atoms with Gasteiger partial charge in [0.15, 0.2) is 45.7 Å². The average molecular weight is 1680 g/mol. The van der Waals surface area contributed by atoms with E-state index in [1.165, 1.54) is 18.4 Å². The van der Waals surface area contributed by atoms with Gasteiger partial charge in [-0.3, -0.25) is 29.7 Å². The number of hydrogen-bond acceptors (Lipinski definition) is 29. The third-order valence-electron chi connectivity index (χ3n) is 19.1. The molecule has 0 atom stereocenters. The molecule has 123 heavy (non-hydrogen) atoms. The molecule has 7 N–H and O–H groups in total. The Bertz CT molecular complexity index is 7030. The summed E-state index contributed by atoms with van der Waals surface area (Å²) in [6, 6.07) is 60.1. The van der Waals surface area contributed by atoms with E-state index in [9.17, 15) is 40.5 Å². The number of aliphatic hydroxyl groups excluding tert-OH is 1. The van der Waals surface area contributed by atoms with Crippen molar-refractivity contribution in [2.45, 2.75) is 6.61 Å². The Kier molecular flexibility index (Phi) is 24.2. The van der Waals surface area contributed by atoms with Crippen molar-refractivity contribution in [1.82, 2.24) is 74.8 Å². The fourth-order valence-corrected chi connectivity index (χ4v) is 14.9. The van der Waals surface area contributed by atoms with Crippen molar-refractivity contribution in [3.63, 3.8) is 0 Å². The Morgan fingerprint density at radius 1 is 0.293 bits per heavy atom. The van der Waals surface area contributed by atoms with Crippen LogP contribution < -0.4 is 14.2 Å². The lowest BCUT2D eigenvalue weighted by atomic mass is 10.0. The molecule has 0 aliphatic rings. The fraction of sp³-hybridized carbons (Fsp3) is 0.0426. The molecule has 0 saturated heterocycles. The number of aromatic hydroxyl groups is 6. The summed E-state index contributed by atoms with van der Waals surface area (Å²) in [7, 11) is 4.82. The van der Waals surface area contributed by atoms with Crippen molar-refractivity contribution in [3.05, 3.63) is 300 Å². The highest BCUT2D eigenvalue weighted by Crippen LogP contribution is 2.38. The van der Waals surface area contributed by atoms with Gasteiger partial charge in [0.1, 0.15) is 68.4 Å². The Morgan fingerprint density at radius 3 is 0.984 bits per heavy atom. The Balaban J connectivity index is 0.000000114. The monoisotopic (exact) mass is 1680 g/mol. The lowest BCUT2D eigenvalue weighted by Crippen LogP contribution is -1.92. The van der Waals surface area contributed by atoms with Crippen LogP contribution in [0.15, 0.2) is 290 Å².